The quantitative estimate of drug-likeness (QED) is 0.629. The van der Waals surface area contributed by atoms with Crippen molar-refractivity contribution < 1.29 is 14.8 Å². The molecule has 1 aliphatic rings. The van der Waals surface area contributed by atoms with Crippen molar-refractivity contribution in [1.29, 1.82) is 0 Å². The molecule has 1 unspecified atom stereocenters. The molecule has 0 amide bonds. The number of hydrogen-bond donors (Lipinski definition) is 2. The molecule has 0 aliphatic heterocycles. The maximum atomic E-state index is 11.4. The Kier molecular flexibility index (Phi) is 3.18. The van der Waals surface area contributed by atoms with Crippen molar-refractivity contribution in [1.82, 2.24) is 0 Å². The maximum absolute atomic E-state index is 11.4. The summed E-state index contributed by atoms with van der Waals surface area (Å²) in [5, 5.41) is 23.2. The van der Waals surface area contributed by atoms with Gasteiger partial charge in [0.05, 0.1) is 4.92 Å². The second-order valence-corrected chi connectivity index (χ2v) is 5.18. The molecular formula is C13H16N2O4. The fourth-order valence-corrected chi connectivity index (χ4v) is 2.17. The number of nitro benzene ring substituents is 1. The largest absolute Gasteiger partial charge is 0.480 e. The Hall–Kier alpha value is -2.11. The lowest BCUT2D eigenvalue weighted by atomic mass is 9.95. The van der Waals surface area contributed by atoms with E-state index in [-0.39, 0.29) is 17.3 Å². The van der Waals surface area contributed by atoms with E-state index in [9.17, 15) is 20.0 Å². The van der Waals surface area contributed by atoms with Crippen LogP contribution >= 0.6 is 0 Å². The van der Waals surface area contributed by atoms with Crippen molar-refractivity contribution in [2.24, 2.45) is 5.92 Å². The Labute approximate surface area is 110 Å². The van der Waals surface area contributed by atoms with Crippen molar-refractivity contribution in [3.8, 4) is 0 Å². The van der Waals surface area contributed by atoms with E-state index in [1.165, 1.54) is 6.07 Å². The number of hydrogen-bond acceptors (Lipinski definition) is 4. The summed E-state index contributed by atoms with van der Waals surface area (Å²) in [4.78, 5) is 22.0. The molecule has 0 saturated heterocycles. The van der Waals surface area contributed by atoms with Gasteiger partial charge in [0.1, 0.15) is 11.2 Å². The first-order valence-corrected chi connectivity index (χ1v) is 6.11. The summed E-state index contributed by atoms with van der Waals surface area (Å²) in [6, 6.07) is 4.74. The number of aliphatic carboxylic acids is 1. The fourth-order valence-electron chi connectivity index (χ4n) is 2.17. The number of nitro groups is 1. The molecule has 6 heteroatoms. The Morgan fingerprint density at radius 1 is 1.53 bits per heavy atom. The average Bonchev–Trinajstić information content (AvgIpc) is 3.15. The monoisotopic (exact) mass is 264 g/mol. The van der Waals surface area contributed by atoms with Crippen molar-refractivity contribution in [3.63, 3.8) is 0 Å². The van der Waals surface area contributed by atoms with Gasteiger partial charge in [-0.3, -0.25) is 10.1 Å². The Bertz CT molecular complexity index is 539. The Balaban J connectivity index is 2.37. The van der Waals surface area contributed by atoms with Crippen LogP contribution in [0.1, 0.15) is 25.3 Å². The van der Waals surface area contributed by atoms with Crippen LogP contribution in [0.15, 0.2) is 18.2 Å². The Morgan fingerprint density at radius 2 is 2.16 bits per heavy atom. The lowest BCUT2D eigenvalue weighted by Gasteiger charge is -2.27. The summed E-state index contributed by atoms with van der Waals surface area (Å²) in [6.45, 7) is 3.34. The number of anilines is 1. The second-order valence-electron chi connectivity index (χ2n) is 5.18. The van der Waals surface area contributed by atoms with Crippen LogP contribution < -0.4 is 5.32 Å². The highest BCUT2D eigenvalue weighted by molar-refractivity contribution is 5.84. The van der Waals surface area contributed by atoms with E-state index >= 15 is 0 Å². The van der Waals surface area contributed by atoms with Gasteiger partial charge in [0.2, 0.25) is 0 Å². The van der Waals surface area contributed by atoms with Gasteiger partial charge in [-0.2, -0.15) is 0 Å². The molecule has 1 atom stereocenters. The molecule has 102 valence electrons. The van der Waals surface area contributed by atoms with E-state index in [1.54, 1.807) is 26.0 Å². The minimum atomic E-state index is -1.15. The van der Waals surface area contributed by atoms with E-state index in [0.717, 1.165) is 18.4 Å². The van der Waals surface area contributed by atoms with Gasteiger partial charge in [-0.25, -0.2) is 4.79 Å². The first kappa shape index (κ1) is 13.3. The van der Waals surface area contributed by atoms with Crippen molar-refractivity contribution in [2.45, 2.75) is 32.2 Å². The predicted molar refractivity (Wildman–Crippen MR) is 70.2 cm³/mol. The lowest BCUT2D eigenvalue weighted by molar-refractivity contribution is -0.384. The number of nitrogens with zero attached hydrogens (tertiary/aromatic N) is 1. The standard InChI is InChI=1S/C13H16N2O4/c1-8-3-6-10(11(7-8)15(18)19)14-13(2,12(16)17)9-4-5-9/h3,6-7,9,14H,4-5H2,1-2H3,(H,16,17). The van der Waals surface area contributed by atoms with Crippen molar-refractivity contribution in [3.05, 3.63) is 33.9 Å². The third kappa shape index (κ3) is 2.52. The minimum absolute atomic E-state index is 0.0194. The molecule has 2 N–H and O–H groups in total. The first-order valence-electron chi connectivity index (χ1n) is 6.11. The third-order valence-corrected chi connectivity index (χ3v) is 3.58. The fraction of sp³-hybridized carbons (Fsp3) is 0.462. The molecule has 0 bridgehead atoms. The van der Waals surface area contributed by atoms with Gasteiger partial charge in [-0.05, 0) is 44.2 Å². The topological polar surface area (TPSA) is 92.5 Å². The normalized spacial score (nSPS) is 17.6. The zero-order chi connectivity index (χ0) is 14.2. The highest BCUT2D eigenvalue weighted by atomic mass is 16.6. The van der Waals surface area contributed by atoms with Crippen LogP contribution in [-0.2, 0) is 4.79 Å². The summed E-state index contributed by atoms with van der Waals surface area (Å²) in [6.07, 6.45) is 1.66. The molecule has 0 aromatic heterocycles. The number of aryl methyl sites for hydroxylation is 1. The van der Waals surface area contributed by atoms with Crippen LogP contribution in [0.5, 0.6) is 0 Å². The minimum Gasteiger partial charge on any atom is -0.480 e. The van der Waals surface area contributed by atoms with E-state index < -0.39 is 16.4 Å². The van der Waals surface area contributed by atoms with Gasteiger partial charge in [-0.15, -0.1) is 0 Å². The average molecular weight is 264 g/mol. The molecule has 2 rings (SSSR count). The highest BCUT2D eigenvalue weighted by Crippen LogP contribution is 2.42. The van der Waals surface area contributed by atoms with Gasteiger partial charge in [0.15, 0.2) is 0 Å². The van der Waals surface area contributed by atoms with E-state index in [1.807, 2.05) is 0 Å². The number of benzene rings is 1. The zero-order valence-corrected chi connectivity index (χ0v) is 10.8. The second kappa shape index (κ2) is 4.53. The molecule has 1 aromatic rings. The van der Waals surface area contributed by atoms with E-state index in [4.69, 9.17) is 0 Å². The summed E-state index contributed by atoms with van der Waals surface area (Å²) in [5.74, 6) is -0.962. The van der Waals surface area contributed by atoms with Gasteiger partial charge in [0, 0.05) is 6.07 Å². The lowest BCUT2D eigenvalue weighted by Crippen LogP contribution is -2.45. The number of carboxylic acids is 1. The van der Waals surface area contributed by atoms with Crippen LogP contribution in [0.4, 0.5) is 11.4 Å². The number of rotatable bonds is 5. The molecule has 1 aromatic carbocycles. The first-order chi connectivity index (χ1) is 8.84. The van der Waals surface area contributed by atoms with Crippen molar-refractivity contribution in [2.75, 3.05) is 5.32 Å². The summed E-state index contributed by atoms with van der Waals surface area (Å²) >= 11 is 0. The van der Waals surface area contributed by atoms with Gasteiger partial charge in [-0.1, -0.05) is 6.07 Å². The summed E-state index contributed by atoms with van der Waals surface area (Å²) < 4.78 is 0. The Morgan fingerprint density at radius 3 is 2.63 bits per heavy atom. The molecule has 1 fully saturated rings. The number of carbonyl (C=O) groups is 1. The highest BCUT2D eigenvalue weighted by Gasteiger charge is 2.48. The molecule has 19 heavy (non-hydrogen) atoms. The summed E-state index contributed by atoms with van der Waals surface area (Å²) in [7, 11) is 0. The third-order valence-electron chi connectivity index (χ3n) is 3.58. The molecule has 1 saturated carbocycles. The smallest absolute Gasteiger partial charge is 0.329 e. The summed E-state index contributed by atoms with van der Waals surface area (Å²) in [5.41, 5.74) is -0.221. The van der Waals surface area contributed by atoms with Gasteiger partial charge >= 0.3 is 5.97 Å². The zero-order valence-electron chi connectivity index (χ0n) is 10.8. The molecule has 1 aliphatic carbocycles. The molecule has 6 nitrogen and oxygen atoms in total. The van der Waals surface area contributed by atoms with Crippen LogP contribution in [0.3, 0.4) is 0 Å². The van der Waals surface area contributed by atoms with Crippen LogP contribution in [0.25, 0.3) is 0 Å². The SMILES string of the molecule is Cc1ccc(NC(C)(C(=O)O)C2CC2)c([N+](=O)[O-])c1. The maximum Gasteiger partial charge on any atom is 0.329 e. The van der Waals surface area contributed by atoms with Crippen LogP contribution in [-0.4, -0.2) is 21.5 Å². The van der Waals surface area contributed by atoms with Crippen LogP contribution in [0.2, 0.25) is 0 Å². The molecule has 0 radical (unpaired) electrons. The van der Waals surface area contributed by atoms with E-state index in [0.29, 0.717) is 0 Å². The molecular weight excluding hydrogens is 248 g/mol. The predicted octanol–water partition coefficient (Wildman–Crippen LogP) is 2.57. The van der Waals surface area contributed by atoms with Gasteiger partial charge < -0.3 is 10.4 Å². The molecule has 0 heterocycles. The van der Waals surface area contributed by atoms with Crippen LogP contribution in [0, 0.1) is 23.0 Å². The van der Waals surface area contributed by atoms with Gasteiger partial charge in [0.25, 0.3) is 5.69 Å². The number of nitrogens with one attached hydrogen (secondary N) is 1. The van der Waals surface area contributed by atoms with Crippen molar-refractivity contribution >= 4 is 17.3 Å². The number of carboxylic acid groups (broad SMARTS) is 1. The molecule has 0 spiro atoms. The van der Waals surface area contributed by atoms with E-state index in [2.05, 4.69) is 5.32 Å².